The fraction of sp³-hybridized carbons (Fsp3) is 0.333. The molecule has 8 heteroatoms. The number of hydrogen-bond acceptors (Lipinski definition) is 4. The summed E-state index contributed by atoms with van der Waals surface area (Å²) in [4.78, 5) is 2.10. The van der Waals surface area contributed by atoms with E-state index in [0.717, 1.165) is 40.9 Å². The molecule has 2 aromatic rings. The molecule has 0 fully saturated rings. The van der Waals surface area contributed by atoms with Gasteiger partial charge in [-0.2, -0.15) is 13.2 Å². The van der Waals surface area contributed by atoms with Gasteiger partial charge in [-0.05, 0) is 30.7 Å². The number of thioether (sulfide) groups is 1. The smallest absolute Gasteiger partial charge is 0.368 e. The van der Waals surface area contributed by atoms with Crippen LogP contribution in [0, 0.1) is 0 Å². The van der Waals surface area contributed by atoms with Crippen LogP contribution in [0.3, 0.4) is 0 Å². The molecule has 1 aliphatic rings. The largest absolute Gasteiger partial charge is 0.416 e. The molecule has 0 bridgehead atoms. The summed E-state index contributed by atoms with van der Waals surface area (Å²) in [6.07, 6.45) is 1.76. The minimum absolute atomic E-state index is 0.533. The Kier molecular flexibility index (Phi) is 5.41. The van der Waals surface area contributed by atoms with Crippen molar-refractivity contribution in [3.8, 4) is 0 Å². The van der Waals surface area contributed by atoms with Crippen LogP contribution in [-0.4, -0.2) is 33.3 Å². The van der Waals surface area contributed by atoms with E-state index in [4.69, 9.17) is 0 Å². The van der Waals surface area contributed by atoms with E-state index in [1.807, 2.05) is 30.7 Å². The molecule has 1 aromatic heterocycles. The molecule has 3 rings (SSSR count). The number of hydrogen-bond donors (Lipinski definition) is 0. The molecule has 0 aliphatic carbocycles. The molecule has 26 heavy (non-hydrogen) atoms. The minimum Gasteiger partial charge on any atom is -0.368 e. The predicted octanol–water partition coefficient (Wildman–Crippen LogP) is 4.45. The summed E-state index contributed by atoms with van der Waals surface area (Å²) in [5, 5.41) is 9.35. The van der Waals surface area contributed by atoms with Gasteiger partial charge in [-0.25, -0.2) is 0 Å². The van der Waals surface area contributed by atoms with Gasteiger partial charge in [0.25, 0.3) is 0 Å². The molecule has 0 atom stereocenters. The summed E-state index contributed by atoms with van der Waals surface area (Å²) in [5.41, 5.74) is 1.18. The predicted molar refractivity (Wildman–Crippen MR) is 96.4 cm³/mol. The number of nitrogens with zero attached hydrogens (tertiary/aromatic N) is 4. The molecule has 0 saturated carbocycles. The van der Waals surface area contributed by atoms with Gasteiger partial charge in [0.2, 0.25) is 0 Å². The number of allylic oxidation sites excluding steroid dienone is 2. The third-order valence-corrected chi connectivity index (χ3v) is 5.13. The van der Waals surface area contributed by atoms with Crippen molar-refractivity contribution in [2.75, 3.05) is 13.6 Å². The number of rotatable bonds is 5. The molecular formula is C18H19F3N4S. The van der Waals surface area contributed by atoms with Crippen molar-refractivity contribution >= 4 is 17.5 Å². The first-order chi connectivity index (χ1) is 12.4. The number of aromatic nitrogens is 3. The lowest BCUT2D eigenvalue weighted by atomic mass is 10.1. The maximum Gasteiger partial charge on any atom is 0.416 e. The van der Waals surface area contributed by atoms with Gasteiger partial charge in [0.1, 0.15) is 0 Å². The van der Waals surface area contributed by atoms with E-state index in [0.29, 0.717) is 12.3 Å². The van der Waals surface area contributed by atoms with Gasteiger partial charge in [-0.1, -0.05) is 36.0 Å². The maximum atomic E-state index is 12.6. The third-order valence-electron chi connectivity index (χ3n) is 4.09. The summed E-state index contributed by atoms with van der Waals surface area (Å²) in [7, 11) is 2.00. The molecule has 2 heterocycles. The van der Waals surface area contributed by atoms with Gasteiger partial charge in [0.15, 0.2) is 11.0 Å². The van der Waals surface area contributed by atoms with Gasteiger partial charge in [-0.3, -0.25) is 0 Å². The number of likely N-dealkylation sites (N-methyl/N-ethyl adjacent to an activating group) is 1. The topological polar surface area (TPSA) is 34.0 Å². The zero-order valence-corrected chi connectivity index (χ0v) is 15.3. The Bertz CT molecular complexity index is 822. The zero-order chi connectivity index (χ0) is 18.7. The lowest BCUT2D eigenvalue weighted by Crippen LogP contribution is -2.21. The Balaban J connectivity index is 1.75. The van der Waals surface area contributed by atoms with E-state index in [2.05, 4.69) is 21.2 Å². The Morgan fingerprint density at radius 1 is 1.15 bits per heavy atom. The van der Waals surface area contributed by atoms with Gasteiger partial charge in [0, 0.05) is 25.9 Å². The summed E-state index contributed by atoms with van der Waals surface area (Å²) >= 11 is 1.47. The highest BCUT2D eigenvalue weighted by molar-refractivity contribution is 7.98. The molecule has 0 N–H and O–H groups in total. The lowest BCUT2D eigenvalue weighted by molar-refractivity contribution is -0.137. The number of alkyl halides is 3. The molecule has 1 aromatic carbocycles. The Morgan fingerprint density at radius 3 is 2.50 bits per heavy atom. The molecule has 0 radical (unpaired) electrons. The first kappa shape index (κ1) is 18.6. The SMILES string of the molecule is CCn1c(SCc2ccc(C(F)(F)F)cc2)nnc1C1=CC=CCN1C. The van der Waals surface area contributed by atoms with Gasteiger partial charge < -0.3 is 9.47 Å². The highest BCUT2D eigenvalue weighted by Gasteiger charge is 2.29. The van der Waals surface area contributed by atoms with Gasteiger partial charge >= 0.3 is 6.18 Å². The van der Waals surface area contributed by atoms with Crippen molar-refractivity contribution in [3.63, 3.8) is 0 Å². The number of halogens is 3. The van der Waals surface area contributed by atoms with Crippen molar-refractivity contribution in [2.45, 2.75) is 30.6 Å². The lowest BCUT2D eigenvalue weighted by Gasteiger charge is -2.23. The second-order valence-corrected chi connectivity index (χ2v) is 6.84. The maximum absolute atomic E-state index is 12.6. The summed E-state index contributed by atoms with van der Waals surface area (Å²) < 4.78 is 39.9. The molecule has 0 unspecified atom stereocenters. The second-order valence-electron chi connectivity index (χ2n) is 5.89. The van der Waals surface area contributed by atoms with E-state index in [-0.39, 0.29) is 0 Å². The quantitative estimate of drug-likeness (QED) is 0.718. The van der Waals surface area contributed by atoms with Crippen LogP contribution >= 0.6 is 11.8 Å². The average Bonchev–Trinajstić information content (AvgIpc) is 3.02. The molecule has 0 spiro atoms. The van der Waals surface area contributed by atoms with Crippen molar-refractivity contribution in [1.82, 2.24) is 19.7 Å². The molecular weight excluding hydrogens is 361 g/mol. The van der Waals surface area contributed by atoms with Crippen molar-refractivity contribution in [3.05, 3.63) is 59.4 Å². The fourth-order valence-corrected chi connectivity index (χ4v) is 3.62. The zero-order valence-electron chi connectivity index (χ0n) is 14.5. The van der Waals surface area contributed by atoms with Crippen LogP contribution in [0.15, 0.2) is 47.6 Å². The Labute approximate surface area is 154 Å². The van der Waals surface area contributed by atoms with Gasteiger partial charge in [-0.15, -0.1) is 10.2 Å². The average molecular weight is 380 g/mol. The van der Waals surface area contributed by atoms with Crippen LogP contribution in [0.25, 0.3) is 5.70 Å². The van der Waals surface area contributed by atoms with Crippen LogP contribution in [-0.2, 0) is 18.5 Å². The third kappa shape index (κ3) is 3.95. The van der Waals surface area contributed by atoms with E-state index < -0.39 is 11.7 Å². The molecule has 0 amide bonds. The highest BCUT2D eigenvalue weighted by Crippen LogP contribution is 2.31. The summed E-state index contributed by atoms with van der Waals surface area (Å²) in [6, 6.07) is 5.23. The van der Waals surface area contributed by atoms with Gasteiger partial charge in [0.05, 0.1) is 11.3 Å². The van der Waals surface area contributed by atoms with Crippen LogP contribution in [0.1, 0.15) is 23.9 Å². The molecule has 0 saturated heterocycles. The molecule has 1 aliphatic heterocycles. The Hall–Kier alpha value is -2.22. The second kappa shape index (κ2) is 7.57. The van der Waals surface area contributed by atoms with E-state index in [1.165, 1.54) is 23.9 Å². The first-order valence-corrected chi connectivity index (χ1v) is 9.19. The van der Waals surface area contributed by atoms with Crippen LogP contribution in [0.5, 0.6) is 0 Å². The number of benzene rings is 1. The van der Waals surface area contributed by atoms with E-state index in [1.54, 1.807) is 0 Å². The standard InChI is InChI=1S/C18H19F3N4S/c1-3-25-16(15-6-4-5-11-24(15)2)22-23-17(25)26-12-13-7-9-14(10-8-13)18(19,20)21/h4-10H,3,11-12H2,1-2H3. The van der Waals surface area contributed by atoms with Crippen LogP contribution in [0.4, 0.5) is 13.2 Å². The monoisotopic (exact) mass is 380 g/mol. The molecule has 4 nitrogen and oxygen atoms in total. The minimum atomic E-state index is -4.31. The summed E-state index contributed by atoms with van der Waals surface area (Å²) in [6.45, 7) is 3.55. The molecule has 138 valence electrons. The Morgan fingerprint density at radius 2 is 1.88 bits per heavy atom. The van der Waals surface area contributed by atoms with Crippen molar-refractivity contribution < 1.29 is 13.2 Å². The summed E-state index contributed by atoms with van der Waals surface area (Å²) in [5.74, 6) is 1.33. The van der Waals surface area contributed by atoms with E-state index >= 15 is 0 Å². The van der Waals surface area contributed by atoms with E-state index in [9.17, 15) is 13.2 Å². The fourth-order valence-electron chi connectivity index (χ4n) is 2.66. The normalized spacial score (nSPS) is 14.7. The first-order valence-electron chi connectivity index (χ1n) is 8.20. The van der Waals surface area contributed by atoms with Crippen LogP contribution in [0.2, 0.25) is 0 Å². The highest BCUT2D eigenvalue weighted by atomic mass is 32.2. The van der Waals surface area contributed by atoms with Crippen molar-refractivity contribution in [1.29, 1.82) is 0 Å². The van der Waals surface area contributed by atoms with Crippen LogP contribution < -0.4 is 0 Å². The van der Waals surface area contributed by atoms with Crippen molar-refractivity contribution in [2.24, 2.45) is 0 Å².